The second-order valence-corrected chi connectivity index (χ2v) is 5.71. The van der Waals surface area contributed by atoms with Crippen LogP contribution in [0.3, 0.4) is 0 Å². The molecule has 0 aromatic carbocycles. The van der Waals surface area contributed by atoms with Gasteiger partial charge in [0.25, 0.3) is 0 Å². The van der Waals surface area contributed by atoms with Gasteiger partial charge < -0.3 is 10.1 Å². The second kappa shape index (κ2) is 7.89. The topological polar surface area (TPSA) is 24.5 Å². The van der Waals surface area contributed by atoms with E-state index in [0.717, 1.165) is 32.3 Å². The first-order valence-corrected chi connectivity index (χ1v) is 7.79. The van der Waals surface area contributed by atoms with Gasteiger partial charge in [0, 0.05) is 26.2 Å². The van der Waals surface area contributed by atoms with Crippen molar-refractivity contribution in [2.45, 2.75) is 31.8 Å². The van der Waals surface area contributed by atoms with Gasteiger partial charge in [-0.2, -0.15) is 11.3 Å². The zero-order valence-corrected chi connectivity index (χ0v) is 12.0. The van der Waals surface area contributed by atoms with Crippen LogP contribution in [0.1, 0.15) is 24.8 Å². The molecule has 0 saturated heterocycles. The summed E-state index contributed by atoms with van der Waals surface area (Å²) in [5.74, 6) is 0. The molecule has 18 heavy (non-hydrogen) atoms. The summed E-state index contributed by atoms with van der Waals surface area (Å²) < 4.78 is 5.02. The molecular formula is C14H24N2OS. The zero-order chi connectivity index (χ0) is 12.6. The number of rotatable bonds is 10. The Morgan fingerprint density at radius 1 is 1.44 bits per heavy atom. The fourth-order valence-electron chi connectivity index (χ4n) is 2.15. The van der Waals surface area contributed by atoms with Gasteiger partial charge in [-0.3, -0.25) is 4.90 Å². The summed E-state index contributed by atoms with van der Waals surface area (Å²) in [5, 5.41) is 7.85. The lowest BCUT2D eigenvalue weighted by molar-refractivity contribution is 0.197. The average Bonchev–Trinajstić information content (AvgIpc) is 3.10. The lowest BCUT2D eigenvalue weighted by Gasteiger charge is -2.21. The van der Waals surface area contributed by atoms with E-state index >= 15 is 0 Å². The van der Waals surface area contributed by atoms with Crippen LogP contribution in [0.2, 0.25) is 0 Å². The average molecular weight is 268 g/mol. The minimum Gasteiger partial charge on any atom is -0.383 e. The highest BCUT2D eigenvalue weighted by Crippen LogP contribution is 2.28. The molecular weight excluding hydrogens is 244 g/mol. The van der Waals surface area contributed by atoms with E-state index in [2.05, 4.69) is 27.0 Å². The van der Waals surface area contributed by atoms with Gasteiger partial charge in [0.1, 0.15) is 0 Å². The van der Waals surface area contributed by atoms with Crippen LogP contribution in [-0.2, 0) is 11.3 Å². The largest absolute Gasteiger partial charge is 0.383 e. The molecule has 0 amide bonds. The van der Waals surface area contributed by atoms with Gasteiger partial charge in [0.2, 0.25) is 0 Å². The molecule has 1 saturated carbocycles. The molecule has 0 unspecified atom stereocenters. The first-order valence-electron chi connectivity index (χ1n) is 6.85. The maximum absolute atomic E-state index is 5.02. The van der Waals surface area contributed by atoms with Crippen molar-refractivity contribution in [2.24, 2.45) is 0 Å². The van der Waals surface area contributed by atoms with Crippen LogP contribution >= 0.6 is 11.3 Å². The Kier molecular flexibility index (Phi) is 6.14. The van der Waals surface area contributed by atoms with Crippen molar-refractivity contribution >= 4 is 11.3 Å². The van der Waals surface area contributed by atoms with Gasteiger partial charge in [-0.1, -0.05) is 0 Å². The number of ether oxygens (including phenoxy) is 1. The molecule has 1 heterocycles. The van der Waals surface area contributed by atoms with Crippen molar-refractivity contribution in [1.29, 1.82) is 0 Å². The SMILES string of the molecule is COCCNCCCN(Cc1ccsc1)C1CC1. The molecule has 2 rings (SSSR count). The Morgan fingerprint density at radius 3 is 3.00 bits per heavy atom. The van der Waals surface area contributed by atoms with Crippen LogP contribution in [0.5, 0.6) is 0 Å². The van der Waals surface area contributed by atoms with Crippen LogP contribution in [0, 0.1) is 0 Å². The number of hydrogen-bond acceptors (Lipinski definition) is 4. The third kappa shape index (κ3) is 5.06. The molecule has 0 atom stereocenters. The Bertz CT molecular complexity index is 312. The predicted molar refractivity (Wildman–Crippen MR) is 77.1 cm³/mol. The Labute approximate surface area is 114 Å². The zero-order valence-electron chi connectivity index (χ0n) is 11.2. The monoisotopic (exact) mass is 268 g/mol. The van der Waals surface area contributed by atoms with E-state index in [1.54, 1.807) is 18.4 Å². The van der Waals surface area contributed by atoms with Gasteiger partial charge in [-0.15, -0.1) is 0 Å². The minimum absolute atomic E-state index is 0.807. The van der Waals surface area contributed by atoms with Crippen molar-refractivity contribution in [1.82, 2.24) is 10.2 Å². The first kappa shape index (κ1) is 14.0. The van der Waals surface area contributed by atoms with Crippen molar-refractivity contribution in [2.75, 3.05) is 33.4 Å². The summed E-state index contributed by atoms with van der Waals surface area (Å²) in [6, 6.07) is 3.10. The fraction of sp³-hybridized carbons (Fsp3) is 0.714. The van der Waals surface area contributed by atoms with Gasteiger partial charge in [0.05, 0.1) is 6.61 Å². The van der Waals surface area contributed by atoms with Gasteiger partial charge in [-0.25, -0.2) is 0 Å². The summed E-state index contributed by atoms with van der Waals surface area (Å²) >= 11 is 1.80. The molecule has 102 valence electrons. The van der Waals surface area contributed by atoms with Crippen molar-refractivity contribution in [3.63, 3.8) is 0 Å². The lowest BCUT2D eigenvalue weighted by atomic mass is 10.3. The summed E-state index contributed by atoms with van der Waals surface area (Å²) in [5.41, 5.74) is 1.47. The highest BCUT2D eigenvalue weighted by atomic mass is 32.1. The molecule has 0 spiro atoms. The smallest absolute Gasteiger partial charge is 0.0587 e. The molecule has 0 bridgehead atoms. The van der Waals surface area contributed by atoms with E-state index in [9.17, 15) is 0 Å². The number of nitrogens with one attached hydrogen (secondary N) is 1. The van der Waals surface area contributed by atoms with Crippen LogP contribution in [0.15, 0.2) is 16.8 Å². The van der Waals surface area contributed by atoms with E-state index in [0.29, 0.717) is 0 Å². The molecule has 1 aromatic rings. The van der Waals surface area contributed by atoms with Crippen molar-refractivity contribution in [3.05, 3.63) is 22.4 Å². The highest BCUT2D eigenvalue weighted by Gasteiger charge is 2.28. The second-order valence-electron chi connectivity index (χ2n) is 4.93. The summed E-state index contributed by atoms with van der Waals surface area (Å²) in [7, 11) is 1.75. The number of thiophene rings is 1. The molecule has 1 N–H and O–H groups in total. The molecule has 3 nitrogen and oxygen atoms in total. The quantitative estimate of drug-likeness (QED) is 0.659. The van der Waals surface area contributed by atoms with E-state index in [-0.39, 0.29) is 0 Å². The summed E-state index contributed by atoms with van der Waals surface area (Å²) in [6.45, 7) is 5.20. The van der Waals surface area contributed by atoms with Crippen LogP contribution in [0.25, 0.3) is 0 Å². The standard InChI is InChI=1S/C14H24N2OS/c1-17-9-7-15-6-2-8-16(14-3-4-14)11-13-5-10-18-12-13/h5,10,12,14-15H,2-4,6-9,11H2,1H3. The maximum atomic E-state index is 5.02. The molecule has 1 aliphatic carbocycles. The summed E-state index contributed by atoms with van der Waals surface area (Å²) in [6.07, 6.45) is 4.01. The number of hydrogen-bond donors (Lipinski definition) is 1. The van der Waals surface area contributed by atoms with E-state index in [1.165, 1.54) is 31.4 Å². The Morgan fingerprint density at radius 2 is 2.33 bits per heavy atom. The van der Waals surface area contributed by atoms with Crippen LogP contribution in [-0.4, -0.2) is 44.3 Å². The molecule has 1 fully saturated rings. The van der Waals surface area contributed by atoms with E-state index in [1.807, 2.05) is 0 Å². The van der Waals surface area contributed by atoms with Crippen molar-refractivity contribution in [3.8, 4) is 0 Å². The number of nitrogens with zero attached hydrogens (tertiary/aromatic N) is 1. The van der Waals surface area contributed by atoms with Gasteiger partial charge in [-0.05, 0) is 54.7 Å². The van der Waals surface area contributed by atoms with Gasteiger partial charge in [0.15, 0.2) is 0 Å². The van der Waals surface area contributed by atoms with Gasteiger partial charge >= 0.3 is 0 Å². The maximum Gasteiger partial charge on any atom is 0.0587 e. The van der Waals surface area contributed by atoms with Crippen LogP contribution in [0.4, 0.5) is 0 Å². The number of methoxy groups -OCH3 is 1. The molecule has 1 aromatic heterocycles. The fourth-order valence-corrected chi connectivity index (χ4v) is 2.81. The minimum atomic E-state index is 0.807. The van der Waals surface area contributed by atoms with Crippen LogP contribution < -0.4 is 5.32 Å². The predicted octanol–water partition coefficient (Wildman–Crippen LogP) is 2.34. The normalized spacial score (nSPS) is 15.4. The Balaban J connectivity index is 1.61. The highest BCUT2D eigenvalue weighted by molar-refractivity contribution is 7.07. The molecule has 1 aliphatic rings. The first-order chi connectivity index (χ1) is 8.90. The third-order valence-corrected chi connectivity index (χ3v) is 4.04. The molecule has 4 heteroatoms. The molecule has 0 radical (unpaired) electrons. The third-order valence-electron chi connectivity index (χ3n) is 3.31. The van der Waals surface area contributed by atoms with E-state index in [4.69, 9.17) is 4.74 Å². The summed E-state index contributed by atoms with van der Waals surface area (Å²) in [4.78, 5) is 2.64. The van der Waals surface area contributed by atoms with Crippen molar-refractivity contribution < 1.29 is 4.74 Å². The molecule has 0 aliphatic heterocycles. The lowest BCUT2D eigenvalue weighted by Crippen LogP contribution is -2.29. The Hall–Kier alpha value is -0.420. The van der Waals surface area contributed by atoms with E-state index < -0.39 is 0 Å².